The van der Waals surface area contributed by atoms with Crippen LogP contribution >= 0.6 is 33.9 Å². The second kappa shape index (κ2) is 8.27. The van der Waals surface area contributed by atoms with Crippen LogP contribution in [0, 0.1) is 10.7 Å². The number of methoxy groups -OCH3 is 1. The van der Waals surface area contributed by atoms with Crippen molar-refractivity contribution in [3.8, 4) is 5.75 Å². The Morgan fingerprint density at radius 3 is 2.70 bits per heavy atom. The van der Waals surface area contributed by atoms with E-state index in [4.69, 9.17) is 9.15 Å². The predicted molar refractivity (Wildman–Crippen MR) is 121 cm³/mol. The molecule has 4 rings (SSSR count). The van der Waals surface area contributed by atoms with Gasteiger partial charge in [-0.05, 0) is 64.7 Å². The van der Waals surface area contributed by atoms with E-state index < -0.39 is 17.7 Å². The van der Waals surface area contributed by atoms with Gasteiger partial charge in [-0.3, -0.25) is 9.59 Å². The van der Waals surface area contributed by atoms with E-state index in [2.05, 4.69) is 0 Å². The maximum atomic E-state index is 13.0. The number of rotatable bonds is 5. The van der Waals surface area contributed by atoms with E-state index in [0.29, 0.717) is 20.8 Å². The molecule has 0 bridgehead atoms. The molecule has 6 nitrogen and oxygen atoms in total. The lowest BCUT2D eigenvalue weighted by Crippen LogP contribution is -2.28. The quantitative estimate of drug-likeness (QED) is 0.218. The number of aryl methyl sites for hydroxylation is 1. The molecule has 0 saturated carbocycles. The van der Waals surface area contributed by atoms with Crippen LogP contribution in [0.2, 0.25) is 0 Å². The van der Waals surface area contributed by atoms with Crippen molar-refractivity contribution in [2.45, 2.75) is 19.5 Å². The summed E-state index contributed by atoms with van der Waals surface area (Å²) in [5.41, 5.74) is 1.30. The molecule has 1 aliphatic rings. The molecule has 0 radical (unpaired) electrons. The van der Waals surface area contributed by atoms with Gasteiger partial charge in [0.05, 0.1) is 19.2 Å². The molecule has 1 atom stereocenters. The Balaban J connectivity index is 1.86. The van der Waals surface area contributed by atoms with Crippen molar-refractivity contribution in [3.63, 3.8) is 0 Å². The summed E-state index contributed by atoms with van der Waals surface area (Å²) in [6.45, 7) is 2.13. The summed E-state index contributed by atoms with van der Waals surface area (Å²) < 4.78 is 11.7. The van der Waals surface area contributed by atoms with Crippen LogP contribution in [0.15, 0.2) is 57.8 Å². The van der Waals surface area contributed by atoms with Crippen LogP contribution in [0.3, 0.4) is 0 Å². The zero-order chi connectivity index (χ0) is 21.4. The van der Waals surface area contributed by atoms with Crippen molar-refractivity contribution in [2.24, 2.45) is 0 Å². The van der Waals surface area contributed by atoms with E-state index in [1.807, 2.05) is 47.0 Å². The first kappa shape index (κ1) is 20.7. The van der Waals surface area contributed by atoms with Gasteiger partial charge >= 0.3 is 0 Å². The minimum Gasteiger partial charge on any atom is -0.507 e. The molecule has 2 aromatic heterocycles. The summed E-state index contributed by atoms with van der Waals surface area (Å²) in [5, 5.41) is 13.0. The Morgan fingerprint density at radius 1 is 1.27 bits per heavy atom. The summed E-state index contributed by atoms with van der Waals surface area (Å²) in [5.74, 6) is -0.649. The lowest BCUT2D eigenvalue weighted by Gasteiger charge is -2.22. The van der Waals surface area contributed by atoms with Crippen LogP contribution in [0.4, 0.5) is 0 Å². The molecule has 30 heavy (non-hydrogen) atoms. The van der Waals surface area contributed by atoms with Crippen LogP contribution in [0.1, 0.15) is 27.8 Å². The molecule has 1 aromatic carbocycles. The van der Waals surface area contributed by atoms with Crippen LogP contribution in [0.5, 0.6) is 5.75 Å². The van der Waals surface area contributed by atoms with Gasteiger partial charge in [0.25, 0.3) is 11.7 Å². The van der Waals surface area contributed by atoms with E-state index in [1.54, 1.807) is 30.3 Å². The average molecular weight is 535 g/mol. The number of ketones is 1. The minimum atomic E-state index is -0.817. The molecule has 1 saturated heterocycles. The number of nitrogens with zero attached hydrogens (tertiary/aromatic N) is 1. The Hall–Kier alpha value is -2.59. The van der Waals surface area contributed by atoms with Crippen LogP contribution in [0.25, 0.3) is 5.76 Å². The summed E-state index contributed by atoms with van der Waals surface area (Å²) in [4.78, 5) is 28.3. The second-order valence-electron chi connectivity index (χ2n) is 6.83. The number of hydrogen-bond acceptors (Lipinski definition) is 6. The van der Waals surface area contributed by atoms with Gasteiger partial charge in [-0.15, -0.1) is 11.3 Å². The standard InChI is InChI=1S/C22H18INO5S/c1-12-5-6-13(10-16(12)28-2)20(25)18-19(15-7-8-17(23)29-15)24(22(27)21(18)26)11-14-4-3-9-30-14/h3-10,19,25H,11H2,1-2H3/b20-18+. The third kappa shape index (κ3) is 3.65. The third-order valence-electron chi connectivity index (χ3n) is 4.99. The number of amides is 1. The first-order chi connectivity index (χ1) is 14.4. The summed E-state index contributed by atoms with van der Waals surface area (Å²) in [7, 11) is 1.54. The second-order valence-corrected chi connectivity index (χ2v) is 8.93. The summed E-state index contributed by atoms with van der Waals surface area (Å²) >= 11 is 3.52. The Kier molecular flexibility index (Phi) is 5.70. The van der Waals surface area contributed by atoms with Crippen molar-refractivity contribution in [2.75, 3.05) is 7.11 Å². The first-order valence-corrected chi connectivity index (χ1v) is 11.1. The van der Waals surface area contributed by atoms with Crippen molar-refractivity contribution in [1.82, 2.24) is 4.90 Å². The maximum Gasteiger partial charge on any atom is 0.296 e. The van der Waals surface area contributed by atoms with Gasteiger partial charge in [-0.25, -0.2) is 0 Å². The molecule has 0 aliphatic carbocycles. The molecular weight excluding hydrogens is 517 g/mol. The number of hydrogen-bond donors (Lipinski definition) is 1. The van der Waals surface area contributed by atoms with E-state index in [9.17, 15) is 14.7 Å². The Labute approximate surface area is 190 Å². The fourth-order valence-corrected chi connectivity index (χ4v) is 4.64. The highest BCUT2D eigenvalue weighted by molar-refractivity contribution is 14.1. The van der Waals surface area contributed by atoms with Crippen LogP contribution < -0.4 is 4.74 Å². The van der Waals surface area contributed by atoms with Gasteiger partial charge in [0.15, 0.2) is 3.77 Å². The lowest BCUT2D eigenvalue weighted by molar-refractivity contribution is -0.140. The number of thiophene rings is 1. The lowest BCUT2D eigenvalue weighted by atomic mass is 9.98. The Morgan fingerprint density at radius 2 is 2.07 bits per heavy atom. The minimum absolute atomic E-state index is 0.00760. The molecule has 1 fully saturated rings. The fraction of sp³-hybridized carbons (Fsp3) is 0.182. The molecule has 0 spiro atoms. The number of Topliss-reactive ketones (excluding diaryl/α,β-unsaturated/α-hetero) is 1. The van der Waals surface area contributed by atoms with Crippen LogP contribution in [-0.4, -0.2) is 28.8 Å². The van der Waals surface area contributed by atoms with Crippen molar-refractivity contribution < 1.29 is 23.8 Å². The maximum absolute atomic E-state index is 13.0. The molecule has 154 valence electrons. The van der Waals surface area contributed by atoms with Gasteiger partial charge in [0.2, 0.25) is 0 Å². The van der Waals surface area contributed by atoms with Crippen molar-refractivity contribution in [3.05, 3.63) is 78.9 Å². The zero-order valence-corrected chi connectivity index (χ0v) is 19.2. The number of carbonyl (C=O) groups is 2. The molecule has 1 aliphatic heterocycles. The first-order valence-electron chi connectivity index (χ1n) is 9.11. The SMILES string of the molecule is COc1cc(/C(O)=C2\C(=O)C(=O)N(Cc3cccs3)C2c2ccc(I)o2)ccc1C. The Bertz CT molecular complexity index is 1150. The topological polar surface area (TPSA) is 80.0 Å². The number of furan rings is 1. The number of aliphatic hydroxyl groups is 1. The molecule has 3 heterocycles. The number of likely N-dealkylation sites (tertiary alicyclic amines) is 1. The third-order valence-corrected chi connectivity index (χ3v) is 6.43. The van der Waals surface area contributed by atoms with Crippen molar-refractivity contribution >= 4 is 51.4 Å². The highest BCUT2D eigenvalue weighted by Crippen LogP contribution is 2.41. The molecule has 1 unspecified atom stereocenters. The normalized spacial score (nSPS) is 18.2. The van der Waals surface area contributed by atoms with Gasteiger partial charge < -0.3 is 19.2 Å². The number of benzene rings is 1. The van der Waals surface area contributed by atoms with Gasteiger partial charge in [0, 0.05) is 10.4 Å². The zero-order valence-electron chi connectivity index (χ0n) is 16.2. The van der Waals surface area contributed by atoms with E-state index in [1.165, 1.54) is 23.3 Å². The molecular formula is C22H18INO5S. The number of halogens is 1. The number of ether oxygens (including phenoxy) is 1. The molecule has 3 aromatic rings. The van der Waals surface area contributed by atoms with Gasteiger partial charge in [-0.2, -0.15) is 0 Å². The monoisotopic (exact) mass is 535 g/mol. The van der Waals surface area contributed by atoms with Gasteiger partial charge in [-0.1, -0.05) is 18.2 Å². The molecule has 1 amide bonds. The number of carbonyl (C=O) groups excluding carboxylic acids is 2. The summed E-state index contributed by atoms with van der Waals surface area (Å²) in [6.07, 6.45) is 0. The van der Waals surface area contributed by atoms with E-state index in [-0.39, 0.29) is 17.9 Å². The predicted octanol–water partition coefficient (Wildman–Crippen LogP) is 4.88. The smallest absolute Gasteiger partial charge is 0.296 e. The molecule has 1 N–H and O–H groups in total. The number of aliphatic hydroxyl groups excluding tert-OH is 1. The highest BCUT2D eigenvalue weighted by Gasteiger charge is 2.47. The van der Waals surface area contributed by atoms with E-state index >= 15 is 0 Å². The van der Waals surface area contributed by atoms with Crippen molar-refractivity contribution in [1.29, 1.82) is 0 Å². The molecule has 8 heteroatoms. The largest absolute Gasteiger partial charge is 0.507 e. The van der Waals surface area contributed by atoms with Crippen LogP contribution in [-0.2, 0) is 16.1 Å². The highest BCUT2D eigenvalue weighted by atomic mass is 127. The fourth-order valence-electron chi connectivity index (χ4n) is 3.51. The summed E-state index contributed by atoms with van der Waals surface area (Å²) in [6, 6.07) is 11.6. The average Bonchev–Trinajstić information content (AvgIpc) is 3.45. The van der Waals surface area contributed by atoms with Gasteiger partial charge in [0.1, 0.15) is 23.3 Å². The van der Waals surface area contributed by atoms with E-state index in [0.717, 1.165) is 10.4 Å².